The maximum atomic E-state index is 11.8. The van der Waals surface area contributed by atoms with E-state index in [1.54, 1.807) is 14.0 Å². The minimum atomic E-state index is -0.437. The molecule has 6 heteroatoms. The van der Waals surface area contributed by atoms with Crippen LogP contribution in [-0.2, 0) is 11.3 Å². The van der Waals surface area contributed by atoms with Gasteiger partial charge in [-0.2, -0.15) is 0 Å². The quantitative estimate of drug-likeness (QED) is 0.791. The molecule has 0 aliphatic carbocycles. The van der Waals surface area contributed by atoms with E-state index < -0.39 is 5.60 Å². The summed E-state index contributed by atoms with van der Waals surface area (Å²) in [7, 11) is 1.58. The van der Waals surface area contributed by atoms with Crippen molar-refractivity contribution in [1.29, 1.82) is 0 Å². The van der Waals surface area contributed by atoms with Crippen molar-refractivity contribution >= 4 is 5.91 Å². The number of hydrogen-bond donors (Lipinski definition) is 2. The summed E-state index contributed by atoms with van der Waals surface area (Å²) in [5, 5.41) is 15.3. The fraction of sp³-hybridized carbons (Fsp3) is 0.636. The van der Waals surface area contributed by atoms with Gasteiger partial charge in [-0.15, -0.1) is 0 Å². The van der Waals surface area contributed by atoms with Crippen LogP contribution in [0.1, 0.15) is 35.7 Å². The van der Waals surface area contributed by atoms with Crippen molar-refractivity contribution in [1.82, 2.24) is 10.5 Å². The van der Waals surface area contributed by atoms with Crippen LogP contribution in [-0.4, -0.2) is 35.4 Å². The molecule has 0 atom stereocenters. The van der Waals surface area contributed by atoms with Crippen LogP contribution in [0, 0.1) is 6.92 Å². The number of rotatable bonds is 5. The standard InChI is InChI=1S/C11H18N2O4/c1-7-8(5-14)17-13-9(7)10(15)12-6-11(2,3)16-4/h14H,5-6H2,1-4H3,(H,12,15). The molecule has 1 aromatic heterocycles. The lowest BCUT2D eigenvalue weighted by Gasteiger charge is -2.22. The highest BCUT2D eigenvalue weighted by molar-refractivity contribution is 5.93. The van der Waals surface area contributed by atoms with Gasteiger partial charge in [0.2, 0.25) is 0 Å². The molecule has 0 saturated carbocycles. The van der Waals surface area contributed by atoms with Gasteiger partial charge in [0.05, 0.1) is 5.60 Å². The van der Waals surface area contributed by atoms with Crippen molar-refractivity contribution in [2.45, 2.75) is 33.0 Å². The molecule has 2 N–H and O–H groups in total. The van der Waals surface area contributed by atoms with Crippen LogP contribution in [0.5, 0.6) is 0 Å². The van der Waals surface area contributed by atoms with Crippen molar-refractivity contribution in [3.63, 3.8) is 0 Å². The average Bonchev–Trinajstić information content (AvgIpc) is 2.67. The molecule has 1 heterocycles. The zero-order chi connectivity index (χ0) is 13.1. The number of nitrogens with zero attached hydrogens (tertiary/aromatic N) is 1. The van der Waals surface area contributed by atoms with Crippen LogP contribution < -0.4 is 5.32 Å². The molecule has 0 fully saturated rings. The fourth-order valence-corrected chi connectivity index (χ4v) is 1.18. The summed E-state index contributed by atoms with van der Waals surface area (Å²) in [5.74, 6) is -0.0303. The van der Waals surface area contributed by atoms with E-state index in [2.05, 4.69) is 10.5 Å². The summed E-state index contributed by atoms with van der Waals surface area (Å²) in [5.41, 5.74) is 0.314. The van der Waals surface area contributed by atoms with Gasteiger partial charge >= 0.3 is 0 Å². The van der Waals surface area contributed by atoms with Gasteiger partial charge in [0.15, 0.2) is 11.5 Å². The van der Waals surface area contributed by atoms with Crippen LogP contribution in [0.3, 0.4) is 0 Å². The molecule has 0 spiro atoms. The first-order valence-corrected chi connectivity index (χ1v) is 5.30. The fourth-order valence-electron chi connectivity index (χ4n) is 1.18. The first kappa shape index (κ1) is 13.7. The highest BCUT2D eigenvalue weighted by Gasteiger charge is 2.21. The minimum Gasteiger partial charge on any atom is -0.388 e. The molecule has 1 aromatic rings. The Morgan fingerprint density at radius 3 is 2.71 bits per heavy atom. The van der Waals surface area contributed by atoms with Crippen molar-refractivity contribution in [2.24, 2.45) is 0 Å². The van der Waals surface area contributed by atoms with Crippen LogP contribution in [0.2, 0.25) is 0 Å². The highest BCUT2D eigenvalue weighted by Crippen LogP contribution is 2.13. The number of aliphatic hydroxyl groups excluding tert-OH is 1. The Labute approximate surface area is 99.9 Å². The summed E-state index contributed by atoms with van der Waals surface area (Å²) in [4.78, 5) is 11.8. The van der Waals surface area contributed by atoms with Crippen LogP contribution >= 0.6 is 0 Å². The molecular weight excluding hydrogens is 224 g/mol. The first-order valence-electron chi connectivity index (χ1n) is 5.30. The van der Waals surface area contributed by atoms with Crippen molar-refractivity contribution in [3.8, 4) is 0 Å². The molecular formula is C11H18N2O4. The maximum absolute atomic E-state index is 11.8. The van der Waals surface area contributed by atoms with E-state index in [0.29, 0.717) is 17.9 Å². The Bertz CT molecular complexity index is 398. The number of amides is 1. The number of carbonyl (C=O) groups is 1. The van der Waals surface area contributed by atoms with Crippen molar-refractivity contribution < 1.29 is 19.2 Å². The molecule has 0 unspecified atom stereocenters. The van der Waals surface area contributed by atoms with Gasteiger partial charge in [-0.3, -0.25) is 4.79 Å². The minimum absolute atomic E-state index is 0.195. The van der Waals surface area contributed by atoms with E-state index >= 15 is 0 Å². The Morgan fingerprint density at radius 1 is 1.59 bits per heavy atom. The molecule has 1 rings (SSSR count). The van der Waals surface area contributed by atoms with Crippen molar-refractivity contribution in [3.05, 3.63) is 17.0 Å². The average molecular weight is 242 g/mol. The molecule has 0 bridgehead atoms. The molecule has 0 aliphatic heterocycles. The largest absolute Gasteiger partial charge is 0.388 e. The zero-order valence-electron chi connectivity index (χ0n) is 10.5. The van der Waals surface area contributed by atoms with E-state index in [9.17, 15) is 4.79 Å². The molecule has 0 radical (unpaired) electrons. The second-order valence-corrected chi connectivity index (χ2v) is 4.38. The first-order chi connectivity index (χ1) is 7.91. The lowest BCUT2D eigenvalue weighted by molar-refractivity contribution is 0.0227. The SMILES string of the molecule is COC(C)(C)CNC(=O)c1noc(CO)c1C. The van der Waals surface area contributed by atoms with Crippen LogP contribution in [0.15, 0.2) is 4.52 Å². The van der Waals surface area contributed by atoms with Gasteiger partial charge in [-0.25, -0.2) is 0 Å². The maximum Gasteiger partial charge on any atom is 0.273 e. The summed E-state index contributed by atoms with van der Waals surface area (Å²) in [6.45, 7) is 5.50. The van der Waals surface area contributed by atoms with Crippen LogP contribution in [0.25, 0.3) is 0 Å². The predicted octanol–water partition coefficient (Wildman–Crippen LogP) is 0.630. The van der Waals surface area contributed by atoms with E-state index in [4.69, 9.17) is 14.4 Å². The molecule has 6 nitrogen and oxygen atoms in total. The van der Waals surface area contributed by atoms with Gasteiger partial charge in [0.25, 0.3) is 5.91 Å². The number of carbonyl (C=O) groups excluding carboxylic acids is 1. The van der Waals surface area contributed by atoms with E-state index in [-0.39, 0.29) is 18.2 Å². The molecule has 17 heavy (non-hydrogen) atoms. The second-order valence-electron chi connectivity index (χ2n) is 4.38. The molecule has 0 aliphatic rings. The van der Waals surface area contributed by atoms with Crippen LogP contribution in [0.4, 0.5) is 0 Å². The molecule has 0 saturated heterocycles. The molecule has 0 aromatic carbocycles. The second kappa shape index (κ2) is 5.29. The Balaban J connectivity index is 2.67. The topological polar surface area (TPSA) is 84.6 Å². The number of ether oxygens (including phenoxy) is 1. The molecule has 1 amide bonds. The third-order valence-corrected chi connectivity index (χ3v) is 2.61. The lowest BCUT2D eigenvalue weighted by Crippen LogP contribution is -2.40. The molecule has 96 valence electrons. The van der Waals surface area contributed by atoms with E-state index in [1.807, 2.05) is 13.8 Å². The normalized spacial score (nSPS) is 11.6. The van der Waals surface area contributed by atoms with Gasteiger partial charge < -0.3 is 19.7 Å². The summed E-state index contributed by atoms with van der Waals surface area (Å²) >= 11 is 0. The third-order valence-electron chi connectivity index (χ3n) is 2.61. The number of hydrogen-bond acceptors (Lipinski definition) is 5. The zero-order valence-corrected chi connectivity index (χ0v) is 10.5. The van der Waals surface area contributed by atoms with Gasteiger partial charge in [0, 0.05) is 19.2 Å². The van der Waals surface area contributed by atoms with E-state index in [0.717, 1.165) is 0 Å². The van der Waals surface area contributed by atoms with Crippen molar-refractivity contribution in [2.75, 3.05) is 13.7 Å². The number of methoxy groups -OCH3 is 1. The van der Waals surface area contributed by atoms with Gasteiger partial charge in [0.1, 0.15) is 6.61 Å². The lowest BCUT2D eigenvalue weighted by atomic mass is 10.1. The van der Waals surface area contributed by atoms with Gasteiger partial charge in [-0.1, -0.05) is 5.16 Å². The Kier molecular flexibility index (Phi) is 4.25. The summed E-state index contributed by atoms with van der Waals surface area (Å²) in [6.07, 6.45) is 0. The number of nitrogens with one attached hydrogen (secondary N) is 1. The predicted molar refractivity (Wildman–Crippen MR) is 60.6 cm³/mol. The van der Waals surface area contributed by atoms with E-state index in [1.165, 1.54) is 0 Å². The highest BCUT2D eigenvalue weighted by atomic mass is 16.5. The van der Waals surface area contributed by atoms with Gasteiger partial charge in [-0.05, 0) is 20.8 Å². The number of aliphatic hydroxyl groups is 1. The Hall–Kier alpha value is -1.40. The number of aromatic nitrogens is 1. The third kappa shape index (κ3) is 3.28. The Morgan fingerprint density at radius 2 is 2.24 bits per heavy atom. The monoisotopic (exact) mass is 242 g/mol. The summed E-state index contributed by atoms with van der Waals surface area (Å²) in [6, 6.07) is 0. The summed E-state index contributed by atoms with van der Waals surface area (Å²) < 4.78 is 10.0. The smallest absolute Gasteiger partial charge is 0.273 e.